The van der Waals surface area contributed by atoms with Crippen molar-refractivity contribution in [2.24, 2.45) is 0 Å². The van der Waals surface area contributed by atoms with Gasteiger partial charge in [0.05, 0.1) is 16.1 Å². The van der Waals surface area contributed by atoms with Gasteiger partial charge in [-0.25, -0.2) is 4.39 Å². The Kier molecular flexibility index (Phi) is 4.85. The third kappa shape index (κ3) is 3.29. The molecule has 0 saturated heterocycles. The molecule has 1 nitrogen and oxygen atoms in total. The molecule has 2 aromatic rings. The first-order valence-corrected chi connectivity index (χ1v) is 7.10. The minimum atomic E-state index is -0.994. The van der Waals surface area contributed by atoms with Crippen molar-refractivity contribution in [1.29, 1.82) is 0 Å². The summed E-state index contributed by atoms with van der Waals surface area (Å²) in [6.45, 7) is 0. The van der Waals surface area contributed by atoms with Crippen LogP contribution < -0.4 is 0 Å². The second-order valence-electron chi connectivity index (χ2n) is 4.07. The standard InChI is InChI=1S/C14H10BrCl2FO/c15-9-4-2-6-11(18)13(9)12(19)7-8-3-1-5-10(16)14(8)17/h1-6,12,19H,7H2. The minimum Gasteiger partial charge on any atom is -0.388 e. The average molecular weight is 364 g/mol. The summed E-state index contributed by atoms with van der Waals surface area (Å²) in [7, 11) is 0. The van der Waals surface area contributed by atoms with E-state index in [1.165, 1.54) is 6.07 Å². The maximum atomic E-state index is 13.7. The van der Waals surface area contributed by atoms with Crippen molar-refractivity contribution in [3.63, 3.8) is 0 Å². The molecule has 5 heteroatoms. The molecular weight excluding hydrogens is 354 g/mol. The summed E-state index contributed by atoms with van der Waals surface area (Å²) in [6.07, 6.45) is -0.801. The summed E-state index contributed by atoms with van der Waals surface area (Å²) in [5.41, 5.74) is 0.898. The van der Waals surface area contributed by atoms with Crippen LogP contribution in [-0.4, -0.2) is 5.11 Å². The van der Waals surface area contributed by atoms with E-state index in [2.05, 4.69) is 15.9 Å². The van der Waals surface area contributed by atoms with Gasteiger partial charge in [0.15, 0.2) is 0 Å². The van der Waals surface area contributed by atoms with E-state index in [1.54, 1.807) is 30.3 Å². The largest absolute Gasteiger partial charge is 0.388 e. The molecule has 1 atom stereocenters. The number of halogens is 4. The predicted molar refractivity (Wildman–Crippen MR) is 79.2 cm³/mol. The molecular formula is C14H10BrCl2FO. The fourth-order valence-electron chi connectivity index (χ4n) is 1.85. The van der Waals surface area contributed by atoms with Crippen molar-refractivity contribution < 1.29 is 9.50 Å². The second kappa shape index (κ2) is 6.23. The number of rotatable bonds is 3. The highest BCUT2D eigenvalue weighted by atomic mass is 79.9. The third-order valence-corrected chi connectivity index (χ3v) is 4.33. The molecule has 19 heavy (non-hydrogen) atoms. The summed E-state index contributed by atoms with van der Waals surface area (Å²) in [4.78, 5) is 0. The lowest BCUT2D eigenvalue weighted by molar-refractivity contribution is 0.173. The van der Waals surface area contributed by atoms with Crippen LogP contribution >= 0.6 is 39.1 Å². The van der Waals surface area contributed by atoms with Crippen LogP contribution in [0.4, 0.5) is 4.39 Å². The quantitative estimate of drug-likeness (QED) is 0.797. The van der Waals surface area contributed by atoms with Crippen molar-refractivity contribution >= 4 is 39.1 Å². The lowest BCUT2D eigenvalue weighted by atomic mass is 10.0. The van der Waals surface area contributed by atoms with Gasteiger partial charge in [-0.05, 0) is 23.8 Å². The molecule has 0 radical (unpaired) electrons. The molecule has 0 fully saturated rings. The fraction of sp³-hybridized carbons (Fsp3) is 0.143. The van der Waals surface area contributed by atoms with E-state index in [4.69, 9.17) is 23.2 Å². The van der Waals surface area contributed by atoms with E-state index in [1.807, 2.05) is 0 Å². The lowest BCUT2D eigenvalue weighted by Gasteiger charge is -2.15. The Morgan fingerprint density at radius 3 is 2.53 bits per heavy atom. The van der Waals surface area contributed by atoms with Crippen molar-refractivity contribution in [2.75, 3.05) is 0 Å². The molecule has 0 saturated carbocycles. The van der Waals surface area contributed by atoms with Crippen LogP contribution in [0, 0.1) is 5.82 Å². The Balaban J connectivity index is 2.31. The fourth-order valence-corrected chi connectivity index (χ4v) is 2.85. The van der Waals surface area contributed by atoms with Gasteiger partial charge >= 0.3 is 0 Å². The normalized spacial score (nSPS) is 12.5. The molecule has 1 N–H and O–H groups in total. The highest BCUT2D eigenvalue weighted by molar-refractivity contribution is 9.10. The Morgan fingerprint density at radius 1 is 1.16 bits per heavy atom. The molecule has 1 unspecified atom stereocenters. The molecule has 0 amide bonds. The van der Waals surface area contributed by atoms with E-state index in [9.17, 15) is 9.50 Å². The van der Waals surface area contributed by atoms with Crippen LogP contribution in [0.5, 0.6) is 0 Å². The Hall–Kier alpha value is -0.610. The Labute approximate surface area is 129 Å². The van der Waals surface area contributed by atoms with Crippen molar-refractivity contribution in [1.82, 2.24) is 0 Å². The zero-order valence-corrected chi connectivity index (χ0v) is 12.8. The maximum Gasteiger partial charge on any atom is 0.130 e. The molecule has 0 bridgehead atoms. The second-order valence-corrected chi connectivity index (χ2v) is 5.71. The summed E-state index contributed by atoms with van der Waals surface area (Å²) in [6, 6.07) is 9.73. The van der Waals surface area contributed by atoms with Crippen molar-refractivity contribution in [3.05, 3.63) is 67.9 Å². The van der Waals surface area contributed by atoms with Gasteiger partial charge < -0.3 is 5.11 Å². The van der Waals surface area contributed by atoms with Crippen molar-refractivity contribution in [3.8, 4) is 0 Å². The molecule has 2 aromatic carbocycles. The van der Waals surface area contributed by atoms with Crippen LogP contribution in [0.1, 0.15) is 17.2 Å². The summed E-state index contributed by atoms with van der Waals surface area (Å²) >= 11 is 15.2. The zero-order chi connectivity index (χ0) is 14.0. The number of aliphatic hydroxyl groups excluding tert-OH is 1. The van der Waals surface area contributed by atoms with Gasteiger partial charge in [-0.2, -0.15) is 0 Å². The summed E-state index contributed by atoms with van der Waals surface area (Å²) in [5.74, 6) is -0.458. The van der Waals surface area contributed by atoms with E-state index in [0.717, 1.165) is 0 Å². The molecule has 0 aliphatic rings. The molecule has 0 heterocycles. The first kappa shape index (κ1) is 14.8. The van der Waals surface area contributed by atoms with Crippen molar-refractivity contribution in [2.45, 2.75) is 12.5 Å². The molecule has 0 aliphatic carbocycles. The molecule has 100 valence electrons. The van der Waals surface area contributed by atoms with Crippen LogP contribution in [0.3, 0.4) is 0 Å². The maximum absolute atomic E-state index is 13.7. The van der Waals surface area contributed by atoms with Gasteiger partial charge in [-0.15, -0.1) is 0 Å². The zero-order valence-electron chi connectivity index (χ0n) is 9.71. The molecule has 0 aliphatic heterocycles. The van der Waals surface area contributed by atoms with E-state index >= 15 is 0 Å². The number of hydrogen-bond donors (Lipinski definition) is 1. The van der Waals surface area contributed by atoms with Crippen LogP contribution in [0.2, 0.25) is 10.0 Å². The minimum absolute atomic E-state index is 0.193. The summed E-state index contributed by atoms with van der Waals surface area (Å²) < 4.78 is 14.3. The topological polar surface area (TPSA) is 20.2 Å². The van der Waals surface area contributed by atoms with Crippen LogP contribution in [0.25, 0.3) is 0 Å². The first-order valence-electron chi connectivity index (χ1n) is 5.55. The van der Waals surface area contributed by atoms with Gasteiger partial charge in [0.2, 0.25) is 0 Å². The van der Waals surface area contributed by atoms with Gasteiger partial charge in [0, 0.05) is 16.5 Å². The van der Waals surface area contributed by atoms with Gasteiger partial charge in [-0.3, -0.25) is 0 Å². The highest BCUT2D eigenvalue weighted by Crippen LogP contribution is 2.32. The molecule has 2 rings (SSSR count). The van der Waals surface area contributed by atoms with E-state index in [0.29, 0.717) is 20.1 Å². The predicted octanol–water partition coefficient (Wildman–Crippen LogP) is 5.17. The van der Waals surface area contributed by atoms with Crippen LogP contribution in [-0.2, 0) is 6.42 Å². The van der Waals surface area contributed by atoms with Gasteiger partial charge in [0.1, 0.15) is 5.82 Å². The van der Waals surface area contributed by atoms with Crippen LogP contribution in [0.15, 0.2) is 40.9 Å². The lowest BCUT2D eigenvalue weighted by Crippen LogP contribution is -2.06. The van der Waals surface area contributed by atoms with E-state index in [-0.39, 0.29) is 12.0 Å². The Bertz CT molecular complexity index is 584. The van der Waals surface area contributed by atoms with Gasteiger partial charge in [0.25, 0.3) is 0 Å². The average Bonchev–Trinajstić information content (AvgIpc) is 2.35. The molecule has 0 aromatic heterocycles. The SMILES string of the molecule is OC(Cc1cccc(Cl)c1Cl)c1c(F)cccc1Br. The summed E-state index contributed by atoms with van der Waals surface area (Å²) in [5, 5.41) is 11.0. The Morgan fingerprint density at radius 2 is 1.84 bits per heavy atom. The monoisotopic (exact) mass is 362 g/mol. The third-order valence-electron chi connectivity index (χ3n) is 2.78. The number of benzene rings is 2. The number of hydrogen-bond acceptors (Lipinski definition) is 1. The molecule has 0 spiro atoms. The highest BCUT2D eigenvalue weighted by Gasteiger charge is 2.18. The first-order chi connectivity index (χ1) is 9.00. The van der Waals surface area contributed by atoms with Gasteiger partial charge in [-0.1, -0.05) is 57.3 Å². The number of aliphatic hydroxyl groups is 1. The van der Waals surface area contributed by atoms with E-state index < -0.39 is 11.9 Å². The smallest absolute Gasteiger partial charge is 0.130 e.